The number of hydrogen-bond donors (Lipinski definition) is 4. The molecular formula is C20H22N3O10P. The first-order valence-electron chi connectivity index (χ1n) is 10.2. The minimum atomic E-state index is -4.14. The van der Waals surface area contributed by atoms with Crippen LogP contribution in [-0.2, 0) is 36.8 Å². The van der Waals surface area contributed by atoms with Gasteiger partial charge >= 0.3 is 19.3 Å². The van der Waals surface area contributed by atoms with E-state index in [0.717, 1.165) is 0 Å². The van der Waals surface area contributed by atoms with Crippen LogP contribution in [0.4, 0.5) is 4.79 Å². The van der Waals surface area contributed by atoms with Crippen LogP contribution in [0, 0.1) is 0 Å². The summed E-state index contributed by atoms with van der Waals surface area (Å²) in [5.41, 5.74) is 0.225. The minimum absolute atomic E-state index is 0.0144. The molecule has 0 unspecified atom stereocenters. The lowest BCUT2D eigenvalue weighted by Gasteiger charge is -2.13. The van der Waals surface area contributed by atoms with Crippen LogP contribution in [-0.4, -0.2) is 51.4 Å². The van der Waals surface area contributed by atoms with E-state index < -0.39 is 37.0 Å². The SMILES string of the molecule is O=C(Cc1cc2cc(CNC(=O)ON3C(=O)CCC3=O)ccc2oc1=O)NCCCP(=O)(O)O. The molecule has 1 fully saturated rings. The average molecular weight is 495 g/mol. The summed E-state index contributed by atoms with van der Waals surface area (Å²) in [5, 5.41) is 5.80. The molecule has 0 spiro atoms. The van der Waals surface area contributed by atoms with Gasteiger partial charge in [-0.1, -0.05) is 6.07 Å². The second-order valence-electron chi connectivity index (χ2n) is 7.51. The van der Waals surface area contributed by atoms with Crippen molar-refractivity contribution in [3.05, 3.63) is 45.8 Å². The van der Waals surface area contributed by atoms with Crippen molar-refractivity contribution in [2.75, 3.05) is 12.7 Å². The highest BCUT2D eigenvalue weighted by Crippen LogP contribution is 2.34. The molecule has 4 N–H and O–H groups in total. The van der Waals surface area contributed by atoms with Gasteiger partial charge in [-0.2, -0.15) is 0 Å². The molecule has 1 aromatic heterocycles. The van der Waals surface area contributed by atoms with E-state index in [2.05, 4.69) is 10.6 Å². The number of imide groups is 1. The number of carbonyl (C=O) groups excluding carboxylic acids is 4. The van der Waals surface area contributed by atoms with Gasteiger partial charge in [0.15, 0.2) is 0 Å². The third-order valence-corrected chi connectivity index (χ3v) is 5.68. The summed E-state index contributed by atoms with van der Waals surface area (Å²) < 4.78 is 16.0. The predicted octanol–water partition coefficient (Wildman–Crippen LogP) is 0.310. The summed E-state index contributed by atoms with van der Waals surface area (Å²) in [6.45, 7) is 0.0307. The molecule has 1 saturated heterocycles. The van der Waals surface area contributed by atoms with Crippen molar-refractivity contribution in [1.29, 1.82) is 0 Å². The molecule has 1 aliphatic heterocycles. The molecule has 0 aliphatic carbocycles. The lowest BCUT2D eigenvalue weighted by molar-refractivity contribution is -0.171. The number of hydrogen-bond acceptors (Lipinski definition) is 8. The third-order valence-electron chi connectivity index (χ3n) is 4.78. The molecule has 2 aromatic rings. The number of amides is 4. The minimum Gasteiger partial charge on any atom is -0.423 e. The number of carbonyl (C=O) groups is 4. The van der Waals surface area contributed by atoms with Crippen LogP contribution in [0.1, 0.15) is 30.4 Å². The van der Waals surface area contributed by atoms with Gasteiger partial charge in [-0.25, -0.2) is 9.59 Å². The molecule has 34 heavy (non-hydrogen) atoms. The fourth-order valence-corrected chi connectivity index (χ4v) is 3.71. The Kier molecular flexibility index (Phi) is 7.82. The Bertz CT molecular complexity index is 1220. The van der Waals surface area contributed by atoms with E-state index >= 15 is 0 Å². The van der Waals surface area contributed by atoms with E-state index in [0.29, 0.717) is 16.0 Å². The number of rotatable bonds is 9. The molecule has 0 bridgehead atoms. The Balaban J connectivity index is 1.59. The smallest absolute Gasteiger partial charge is 0.423 e. The van der Waals surface area contributed by atoms with E-state index in [1.54, 1.807) is 12.1 Å². The number of nitrogens with zero attached hydrogens (tertiary/aromatic N) is 1. The Hall–Kier alpha value is -3.54. The molecule has 1 aromatic carbocycles. The third kappa shape index (κ3) is 6.98. The second-order valence-corrected chi connectivity index (χ2v) is 9.29. The molecule has 2 heterocycles. The van der Waals surface area contributed by atoms with Gasteiger partial charge in [0.05, 0.1) is 12.6 Å². The van der Waals surface area contributed by atoms with Gasteiger partial charge in [0, 0.05) is 36.9 Å². The van der Waals surface area contributed by atoms with Gasteiger partial charge in [-0.05, 0) is 30.2 Å². The monoisotopic (exact) mass is 495 g/mol. The van der Waals surface area contributed by atoms with Crippen LogP contribution in [0.25, 0.3) is 11.0 Å². The van der Waals surface area contributed by atoms with Crippen molar-refractivity contribution in [3.8, 4) is 0 Å². The summed E-state index contributed by atoms with van der Waals surface area (Å²) in [7, 11) is -4.14. The molecule has 3 rings (SSSR count). The van der Waals surface area contributed by atoms with Gasteiger partial charge in [0.2, 0.25) is 5.91 Å². The molecular weight excluding hydrogens is 473 g/mol. The number of hydroxylamine groups is 2. The van der Waals surface area contributed by atoms with Crippen molar-refractivity contribution in [3.63, 3.8) is 0 Å². The predicted molar refractivity (Wildman–Crippen MR) is 115 cm³/mol. The first kappa shape index (κ1) is 25.1. The Labute approximate surface area is 192 Å². The summed E-state index contributed by atoms with van der Waals surface area (Å²) in [4.78, 5) is 81.4. The number of fused-ring (bicyclic) bond motifs is 1. The molecule has 4 amide bonds. The number of nitrogens with one attached hydrogen (secondary N) is 2. The van der Waals surface area contributed by atoms with Gasteiger partial charge in [0.25, 0.3) is 11.8 Å². The summed E-state index contributed by atoms with van der Waals surface area (Å²) in [6, 6.07) is 6.19. The van der Waals surface area contributed by atoms with Crippen LogP contribution in [0.3, 0.4) is 0 Å². The molecule has 182 valence electrons. The maximum atomic E-state index is 12.2. The fraction of sp³-hybridized carbons (Fsp3) is 0.350. The first-order chi connectivity index (χ1) is 16.0. The van der Waals surface area contributed by atoms with Gasteiger partial charge in [-0.15, -0.1) is 5.06 Å². The lowest BCUT2D eigenvalue weighted by Crippen LogP contribution is -2.36. The van der Waals surface area contributed by atoms with Crippen LogP contribution in [0.15, 0.2) is 33.5 Å². The zero-order valence-corrected chi connectivity index (χ0v) is 18.7. The summed E-state index contributed by atoms with van der Waals surface area (Å²) in [6.07, 6.45) is -1.59. The quantitative estimate of drug-likeness (QED) is 0.163. The normalized spacial score (nSPS) is 13.9. The van der Waals surface area contributed by atoms with Gasteiger partial charge < -0.3 is 29.7 Å². The van der Waals surface area contributed by atoms with Crippen molar-refractivity contribution < 1.29 is 42.8 Å². The van der Waals surface area contributed by atoms with E-state index in [1.807, 2.05) is 0 Å². The van der Waals surface area contributed by atoms with E-state index in [9.17, 15) is 28.5 Å². The largest absolute Gasteiger partial charge is 0.432 e. The maximum absolute atomic E-state index is 12.2. The van der Waals surface area contributed by atoms with E-state index in [-0.39, 0.29) is 56.1 Å². The first-order valence-corrected chi connectivity index (χ1v) is 12.0. The standard InChI is InChI=1S/C20H22N3O10P/c24-16(21-6-1-7-34(29,30)31)10-14-9-13-8-12(2-3-15(13)32-19(14)27)11-22-20(28)33-23-17(25)4-5-18(23)26/h2-3,8-9H,1,4-7,10-11H2,(H,21,24)(H,22,28)(H2,29,30,31). The van der Waals surface area contributed by atoms with Gasteiger partial charge in [0.1, 0.15) is 5.58 Å². The molecule has 0 atom stereocenters. The second kappa shape index (κ2) is 10.6. The van der Waals surface area contributed by atoms with Crippen molar-refractivity contribution in [2.45, 2.75) is 32.2 Å². The van der Waals surface area contributed by atoms with E-state index in [1.165, 1.54) is 12.1 Å². The zero-order chi connectivity index (χ0) is 24.9. The fourth-order valence-electron chi connectivity index (χ4n) is 3.14. The van der Waals surface area contributed by atoms with Gasteiger partial charge in [-0.3, -0.25) is 18.9 Å². The topological polar surface area (TPSA) is 193 Å². The molecule has 0 saturated carbocycles. The maximum Gasteiger partial charge on any atom is 0.432 e. The average Bonchev–Trinajstić information content (AvgIpc) is 3.07. The van der Waals surface area contributed by atoms with Crippen molar-refractivity contribution in [2.24, 2.45) is 0 Å². The molecule has 1 aliphatic rings. The Morgan fingerprint density at radius 3 is 2.47 bits per heavy atom. The van der Waals surface area contributed by atoms with E-state index in [4.69, 9.17) is 19.0 Å². The van der Waals surface area contributed by atoms with Crippen molar-refractivity contribution in [1.82, 2.24) is 15.7 Å². The van der Waals surface area contributed by atoms with Crippen LogP contribution in [0.5, 0.6) is 0 Å². The summed E-state index contributed by atoms with van der Waals surface area (Å²) >= 11 is 0. The summed E-state index contributed by atoms with van der Waals surface area (Å²) in [5.74, 6) is -1.71. The lowest BCUT2D eigenvalue weighted by atomic mass is 10.1. The van der Waals surface area contributed by atoms with Crippen LogP contribution in [0.2, 0.25) is 0 Å². The number of benzene rings is 1. The Morgan fingerprint density at radius 1 is 1.09 bits per heavy atom. The highest BCUT2D eigenvalue weighted by molar-refractivity contribution is 7.51. The van der Waals surface area contributed by atoms with Crippen molar-refractivity contribution >= 4 is 42.4 Å². The molecule has 0 radical (unpaired) electrons. The van der Waals surface area contributed by atoms with Crippen LogP contribution >= 0.6 is 7.60 Å². The van der Waals surface area contributed by atoms with Crippen LogP contribution < -0.4 is 16.3 Å². The molecule has 14 heteroatoms. The Morgan fingerprint density at radius 2 is 1.79 bits per heavy atom. The highest BCUT2D eigenvalue weighted by Gasteiger charge is 2.32. The molecule has 13 nitrogen and oxygen atoms in total. The highest BCUT2D eigenvalue weighted by atomic mass is 31.2. The zero-order valence-electron chi connectivity index (χ0n) is 17.8.